The first kappa shape index (κ1) is 15.5. The van der Waals surface area contributed by atoms with Crippen molar-refractivity contribution >= 4 is 5.91 Å². The third-order valence-corrected chi connectivity index (χ3v) is 3.85. The van der Waals surface area contributed by atoms with Gasteiger partial charge >= 0.3 is 6.01 Å². The summed E-state index contributed by atoms with van der Waals surface area (Å²) in [5.74, 6) is 0.412. The number of amides is 1. The van der Waals surface area contributed by atoms with Gasteiger partial charge in [-0.3, -0.25) is 4.79 Å². The lowest BCUT2D eigenvalue weighted by atomic mass is 9.85. The van der Waals surface area contributed by atoms with E-state index in [4.69, 9.17) is 9.47 Å². The molecule has 7 heteroatoms. The van der Waals surface area contributed by atoms with Gasteiger partial charge in [-0.2, -0.15) is 4.98 Å². The summed E-state index contributed by atoms with van der Waals surface area (Å²) in [5.41, 5.74) is -0.545. The summed E-state index contributed by atoms with van der Waals surface area (Å²) in [6, 6.07) is 0.192. The zero-order valence-electron chi connectivity index (χ0n) is 12.6. The molecular formula is C14H21N3O4. The summed E-state index contributed by atoms with van der Waals surface area (Å²) in [7, 11) is 2.96. The summed E-state index contributed by atoms with van der Waals surface area (Å²) in [5, 5.41) is 10.9. The fourth-order valence-corrected chi connectivity index (χ4v) is 2.54. The molecule has 0 saturated carbocycles. The monoisotopic (exact) mass is 295 g/mol. The normalized spacial score (nSPS) is 17.4. The Morgan fingerprint density at radius 2 is 2.05 bits per heavy atom. The Labute approximate surface area is 123 Å². The lowest BCUT2D eigenvalue weighted by molar-refractivity contribution is -0.135. The van der Waals surface area contributed by atoms with Crippen LogP contribution in [-0.4, -0.2) is 53.2 Å². The maximum absolute atomic E-state index is 11.7. The minimum absolute atomic E-state index is 0.106. The first-order valence-electron chi connectivity index (χ1n) is 6.99. The zero-order valence-corrected chi connectivity index (χ0v) is 12.6. The first-order chi connectivity index (χ1) is 10.0. The molecular weight excluding hydrogens is 274 g/mol. The number of ether oxygens (including phenoxy) is 2. The van der Waals surface area contributed by atoms with Gasteiger partial charge in [0, 0.05) is 25.7 Å². The van der Waals surface area contributed by atoms with Crippen LogP contribution in [-0.2, 0) is 10.4 Å². The van der Waals surface area contributed by atoms with Gasteiger partial charge in [-0.05, 0) is 12.8 Å². The van der Waals surface area contributed by atoms with Crippen LogP contribution < -0.4 is 9.47 Å². The third-order valence-electron chi connectivity index (χ3n) is 3.85. The number of likely N-dealkylation sites (tertiary alicyclic amines) is 1. The van der Waals surface area contributed by atoms with E-state index < -0.39 is 5.60 Å². The van der Waals surface area contributed by atoms with Crippen molar-refractivity contribution in [2.75, 3.05) is 27.3 Å². The molecule has 2 rings (SSSR count). The highest BCUT2D eigenvalue weighted by molar-refractivity contribution is 5.75. The Kier molecular flexibility index (Phi) is 4.62. The number of carbonyl (C=O) groups is 1. The minimum Gasteiger partial charge on any atom is -0.481 e. The smallest absolute Gasteiger partial charge is 0.319 e. The van der Waals surface area contributed by atoms with E-state index in [9.17, 15) is 9.90 Å². The number of piperidine rings is 1. The number of hydrogen-bond donors (Lipinski definition) is 1. The highest BCUT2D eigenvalue weighted by atomic mass is 16.5. The lowest BCUT2D eigenvalue weighted by Gasteiger charge is -2.38. The molecule has 7 nitrogen and oxygen atoms in total. The SMILES string of the molecule is CCC(=O)N1CCC(O)(c2cnc(OC)nc2OC)CC1. The maximum atomic E-state index is 11.7. The first-order valence-corrected chi connectivity index (χ1v) is 6.99. The fraction of sp³-hybridized carbons (Fsp3) is 0.643. The number of carbonyl (C=O) groups excluding carboxylic acids is 1. The van der Waals surface area contributed by atoms with Gasteiger partial charge in [-0.25, -0.2) is 4.98 Å². The summed E-state index contributed by atoms with van der Waals surface area (Å²) in [6.45, 7) is 2.86. The number of hydrogen-bond acceptors (Lipinski definition) is 6. The second kappa shape index (κ2) is 6.26. The Hall–Kier alpha value is -1.89. The molecule has 0 unspecified atom stereocenters. The molecule has 116 valence electrons. The van der Waals surface area contributed by atoms with Crippen molar-refractivity contribution in [2.24, 2.45) is 0 Å². The quantitative estimate of drug-likeness (QED) is 0.881. The molecule has 1 aromatic heterocycles. The van der Waals surface area contributed by atoms with E-state index in [1.165, 1.54) is 20.4 Å². The van der Waals surface area contributed by atoms with Crippen molar-refractivity contribution in [1.29, 1.82) is 0 Å². The standard InChI is InChI=1S/C14H21N3O4/c1-4-11(18)17-7-5-14(19,6-8-17)10-9-15-13(21-3)16-12(10)20-2/h9,19H,4-8H2,1-3H3. The summed E-state index contributed by atoms with van der Waals surface area (Å²) in [4.78, 5) is 21.6. The van der Waals surface area contributed by atoms with E-state index in [-0.39, 0.29) is 11.9 Å². The van der Waals surface area contributed by atoms with Crippen LogP contribution in [0.15, 0.2) is 6.20 Å². The molecule has 21 heavy (non-hydrogen) atoms. The van der Waals surface area contributed by atoms with Crippen molar-refractivity contribution in [3.05, 3.63) is 11.8 Å². The van der Waals surface area contributed by atoms with Crippen LogP contribution >= 0.6 is 0 Å². The summed E-state index contributed by atoms with van der Waals surface area (Å²) in [6.07, 6.45) is 2.88. The van der Waals surface area contributed by atoms with Gasteiger partial charge in [0.05, 0.1) is 25.4 Å². The van der Waals surface area contributed by atoms with Crippen LogP contribution in [0.5, 0.6) is 11.9 Å². The van der Waals surface area contributed by atoms with Crippen molar-refractivity contribution in [3.63, 3.8) is 0 Å². The van der Waals surface area contributed by atoms with Crippen molar-refractivity contribution in [1.82, 2.24) is 14.9 Å². The molecule has 0 aliphatic carbocycles. The van der Waals surface area contributed by atoms with Gasteiger partial charge in [0.2, 0.25) is 11.8 Å². The van der Waals surface area contributed by atoms with Gasteiger partial charge in [0.15, 0.2) is 0 Å². The van der Waals surface area contributed by atoms with Crippen LogP contribution in [0.4, 0.5) is 0 Å². The van der Waals surface area contributed by atoms with Crippen molar-refractivity contribution in [3.8, 4) is 11.9 Å². The highest BCUT2D eigenvalue weighted by Crippen LogP contribution is 2.37. The number of nitrogens with zero attached hydrogens (tertiary/aromatic N) is 3. The third kappa shape index (κ3) is 3.07. The molecule has 0 atom stereocenters. The van der Waals surface area contributed by atoms with Crippen molar-refractivity contribution < 1.29 is 19.4 Å². The van der Waals surface area contributed by atoms with E-state index in [0.717, 1.165) is 0 Å². The largest absolute Gasteiger partial charge is 0.481 e. The molecule has 0 aromatic carbocycles. The van der Waals surface area contributed by atoms with Gasteiger partial charge in [0.1, 0.15) is 0 Å². The molecule has 1 aliphatic rings. The van der Waals surface area contributed by atoms with Gasteiger partial charge in [0.25, 0.3) is 0 Å². The second-order valence-corrected chi connectivity index (χ2v) is 5.05. The van der Waals surface area contributed by atoms with E-state index in [0.29, 0.717) is 43.8 Å². The summed E-state index contributed by atoms with van der Waals surface area (Å²) < 4.78 is 10.2. The van der Waals surface area contributed by atoms with Gasteiger partial charge < -0.3 is 19.5 Å². The predicted molar refractivity (Wildman–Crippen MR) is 75.1 cm³/mol. The molecule has 1 N–H and O–H groups in total. The van der Waals surface area contributed by atoms with Crippen LogP contribution in [0.2, 0.25) is 0 Å². The van der Waals surface area contributed by atoms with Gasteiger partial charge in [-0.1, -0.05) is 6.92 Å². The predicted octanol–water partition coefficient (Wildman–Crippen LogP) is 0.714. The minimum atomic E-state index is -1.08. The molecule has 0 spiro atoms. The second-order valence-electron chi connectivity index (χ2n) is 5.05. The van der Waals surface area contributed by atoms with Crippen LogP contribution in [0.25, 0.3) is 0 Å². The molecule has 0 radical (unpaired) electrons. The molecule has 0 bridgehead atoms. The van der Waals surface area contributed by atoms with Crippen LogP contribution in [0, 0.1) is 0 Å². The Bertz CT molecular complexity index is 513. The Morgan fingerprint density at radius 3 is 2.57 bits per heavy atom. The topological polar surface area (TPSA) is 84.8 Å². The number of aromatic nitrogens is 2. The fourth-order valence-electron chi connectivity index (χ4n) is 2.54. The molecule has 1 aromatic rings. The Balaban J connectivity index is 2.20. The number of rotatable bonds is 4. The highest BCUT2D eigenvalue weighted by Gasteiger charge is 2.38. The zero-order chi connectivity index (χ0) is 15.5. The maximum Gasteiger partial charge on any atom is 0.319 e. The lowest BCUT2D eigenvalue weighted by Crippen LogP contribution is -2.45. The average Bonchev–Trinajstić information content (AvgIpc) is 2.54. The summed E-state index contributed by atoms with van der Waals surface area (Å²) >= 11 is 0. The van der Waals surface area contributed by atoms with E-state index >= 15 is 0 Å². The molecule has 1 saturated heterocycles. The molecule has 1 aliphatic heterocycles. The van der Waals surface area contributed by atoms with Crippen molar-refractivity contribution in [2.45, 2.75) is 31.8 Å². The van der Waals surface area contributed by atoms with Crippen LogP contribution in [0.3, 0.4) is 0 Å². The molecule has 2 heterocycles. The average molecular weight is 295 g/mol. The molecule has 1 amide bonds. The number of methoxy groups -OCH3 is 2. The van der Waals surface area contributed by atoms with Gasteiger partial charge in [-0.15, -0.1) is 0 Å². The number of aliphatic hydroxyl groups is 1. The van der Waals surface area contributed by atoms with E-state index in [1.807, 2.05) is 6.92 Å². The Morgan fingerprint density at radius 1 is 1.38 bits per heavy atom. The van der Waals surface area contributed by atoms with E-state index in [1.54, 1.807) is 4.90 Å². The van der Waals surface area contributed by atoms with Crippen LogP contribution in [0.1, 0.15) is 31.7 Å². The molecule has 1 fully saturated rings. The van der Waals surface area contributed by atoms with E-state index in [2.05, 4.69) is 9.97 Å².